The van der Waals surface area contributed by atoms with E-state index in [4.69, 9.17) is 14.2 Å². The lowest BCUT2D eigenvalue weighted by atomic mass is 10.1. The lowest BCUT2D eigenvalue weighted by molar-refractivity contribution is -0.0180. The van der Waals surface area contributed by atoms with Gasteiger partial charge in [-0.25, -0.2) is 0 Å². The molecule has 2 unspecified atom stereocenters. The van der Waals surface area contributed by atoms with Crippen LogP contribution in [0.15, 0.2) is 29.3 Å². The fourth-order valence-corrected chi connectivity index (χ4v) is 3.10. The van der Waals surface area contributed by atoms with Crippen molar-refractivity contribution in [1.82, 2.24) is 15.5 Å². The summed E-state index contributed by atoms with van der Waals surface area (Å²) in [6, 6.07) is 7.59. The number of morpholine rings is 1. The highest BCUT2D eigenvalue weighted by atomic mass is 127. The second-order valence-corrected chi connectivity index (χ2v) is 7.54. The number of guanidine groups is 1. The minimum atomic E-state index is -0.904. The van der Waals surface area contributed by atoms with Gasteiger partial charge in [-0.2, -0.15) is 0 Å². The van der Waals surface area contributed by atoms with E-state index < -0.39 is 5.60 Å². The maximum Gasteiger partial charge on any atom is 0.191 e. The summed E-state index contributed by atoms with van der Waals surface area (Å²) in [5, 5.41) is 17.2. The standard InChI is InChI=1S/C21H36N4O4.HI/c1-5-22-20(24-15-21(3,26)16-25-10-12-28-13-11-25)23-14-17(2)29-19-9-7-6-8-18(19)27-4;/h6-9,17,26H,5,10-16H2,1-4H3,(H2,22,23,24);1H. The number of aliphatic hydroxyl groups is 1. The van der Waals surface area contributed by atoms with Gasteiger partial charge in [-0.05, 0) is 32.9 Å². The van der Waals surface area contributed by atoms with E-state index >= 15 is 0 Å². The Morgan fingerprint density at radius 1 is 1.27 bits per heavy atom. The molecule has 2 rings (SSSR count). The number of rotatable bonds is 10. The van der Waals surface area contributed by atoms with Gasteiger partial charge < -0.3 is 30.0 Å². The van der Waals surface area contributed by atoms with Crippen LogP contribution in [0.4, 0.5) is 0 Å². The van der Waals surface area contributed by atoms with Crippen molar-refractivity contribution in [3.63, 3.8) is 0 Å². The molecule has 0 radical (unpaired) electrons. The summed E-state index contributed by atoms with van der Waals surface area (Å²) < 4.78 is 16.7. The van der Waals surface area contributed by atoms with Crippen molar-refractivity contribution in [1.29, 1.82) is 0 Å². The zero-order valence-electron chi connectivity index (χ0n) is 18.5. The smallest absolute Gasteiger partial charge is 0.191 e. The summed E-state index contributed by atoms with van der Waals surface area (Å²) in [5.41, 5.74) is -0.904. The van der Waals surface area contributed by atoms with E-state index in [0.29, 0.717) is 50.3 Å². The second kappa shape index (κ2) is 13.9. The summed E-state index contributed by atoms with van der Waals surface area (Å²) in [6.07, 6.45) is -0.0935. The van der Waals surface area contributed by atoms with Gasteiger partial charge in [-0.1, -0.05) is 12.1 Å². The molecule has 2 atom stereocenters. The fraction of sp³-hybridized carbons (Fsp3) is 0.667. The first-order valence-corrected chi connectivity index (χ1v) is 10.3. The van der Waals surface area contributed by atoms with E-state index in [9.17, 15) is 5.11 Å². The van der Waals surface area contributed by atoms with Crippen LogP contribution in [0.2, 0.25) is 0 Å². The molecule has 9 heteroatoms. The molecule has 1 aliphatic rings. The van der Waals surface area contributed by atoms with Crippen molar-refractivity contribution < 1.29 is 19.3 Å². The molecule has 0 saturated carbocycles. The molecule has 0 bridgehead atoms. The molecule has 1 aromatic carbocycles. The van der Waals surface area contributed by atoms with E-state index in [0.717, 1.165) is 19.6 Å². The third kappa shape index (κ3) is 9.67. The summed E-state index contributed by atoms with van der Waals surface area (Å²) in [7, 11) is 1.63. The number of aliphatic imine (C=N–C) groups is 1. The van der Waals surface area contributed by atoms with Gasteiger partial charge in [0.25, 0.3) is 0 Å². The number of methoxy groups -OCH3 is 1. The second-order valence-electron chi connectivity index (χ2n) is 7.54. The lowest BCUT2D eigenvalue weighted by Gasteiger charge is -2.33. The Morgan fingerprint density at radius 2 is 1.93 bits per heavy atom. The first kappa shape index (κ1) is 26.7. The van der Waals surface area contributed by atoms with Gasteiger partial charge in [0.2, 0.25) is 0 Å². The van der Waals surface area contributed by atoms with Gasteiger partial charge in [-0.15, -0.1) is 24.0 Å². The molecule has 8 nitrogen and oxygen atoms in total. The lowest BCUT2D eigenvalue weighted by Crippen LogP contribution is -2.48. The number of hydrogen-bond acceptors (Lipinski definition) is 6. The molecule has 1 heterocycles. The molecule has 1 saturated heterocycles. The van der Waals surface area contributed by atoms with Gasteiger partial charge in [0, 0.05) is 26.2 Å². The van der Waals surface area contributed by atoms with E-state index in [-0.39, 0.29) is 30.1 Å². The minimum absolute atomic E-state index is 0. The summed E-state index contributed by atoms with van der Waals surface area (Å²) in [4.78, 5) is 6.78. The molecular formula is C21H37IN4O4. The van der Waals surface area contributed by atoms with Crippen molar-refractivity contribution in [3.8, 4) is 11.5 Å². The maximum absolute atomic E-state index is 10.7. The minimum Gasteiger partial charge on any atom is -0.493 e. The van der Waals surface area contributed by atoms with Crippen LogP contribution in [0.25, 0.3) is 0 Å². The predicted molar refractivity (Wildman–Crippen MR) is 130 cm³/mol. The predicted octanol–water partition coefficient (Wildman–Crippen LogP) is 1.72. The van der Waals surface area contributed by atoms with Gasteiger partial charge in [0.15, 0.2) is 17.5 Å². The molecule has 3 N–H and O–H groups in total. The first-order chi connectivity index (χ1) is 13.9. The number of hydrogen-bond donors (Lipinski definition) is 3. The Hall–Kier alpha value is -1.30. The highest BCUT2D eigenvalue weighted by Crippen LogP contribution is 2.26. The highest BCUT2D eigenvalue weighted by molar-refractivity contribution is 14.0. The normalized spacial score (nSPS) is 18.0. The summed E-state index contributed by atoms with van der Waals surface area (Å²) in [5.74, 6) is 2.07. The number of nitrogens with one attached hydrogen (secondary N) is 2. The number of halogens is 1. The van der Waals surface area contributed by atoms with Crippen molar-refractivity contribution in [3.05, 3.63) is 24.3 Å². The topological polar surface area (TPSA) is 87.6 Å². The molecule has 0 aromatic heterocycles. The van der Waals surface area contributed by atoms with Crippen LogP contribution in [-0.4, -0.2) is 87.3 Å². The Labute approximate surface area is 197 Å². The SMILES string of the molecule is CCNC(=NCC(C)(O)CN1CCOCC1)NCC(C)Oc1ccccc1OC.I. The number of benzene rings is 1. The van der Waals surface area contributed by atoms with Crippen molar-refractivity contribution in [2.45, 2.75) is 32.5 Å². The van der Waals surface area contributed by atoms with Gasteiger partial charge in [0.1, 0.15) is 6.10 Å². The molecule has 1 aliphatic heterocycles. The van der Waals surface area contributed by atoms with E-state index in [1.165, 1.54) is 0 Å². The molecule has 0 spiro atoms. The average Bonchev–Trinajstić information content (AvgIpc) is 2.71. The monoisotopic (exact) mass is 536 g/mol. The quantitative estimate of drug-likeness (QED) is 0.239. The molecule has 0 aliphatic carbocycles. The summed E-state index contributed by atoms with van der Waals surface area (Å²) in [6.45, 7) is 11.1. The summed E-state index contributed by atoms with van der Waals surface area (Å²) >= 11 is 0. The van der Waals surface area contributed by atoms with Crippen LogP contribution in [0.1, 0.15) is 20.8 Å². The first-order valence-electron chi connectivity index (χ1n) is 10.3. The fourth-order valence-electron chi connectivity index (χ4n) is 3.10. The largest absolute Gasteiger partial charge is 0.493 e. The van der Waals surface area contributed by atoms with E-state index in [1.54, 1.807) is 7.11 Å². The van der Waals surface area contributed by atoms with Crippen molar-refractivity contribution >= 4 is 29.9 Å². The van der Waals surface area contributed by atoms with Gasteiger partial charge in [-0.3, -0.25) is 9.89 Å². The van der Waals surface area contributed by atoms with Gasteiger partial charge in [0.05, 0.1) is 39.0 Å². The van der Waals surface area contributed by atoms with Crippen molar-refractivity contribution in [2.75, 3.05) is 59.6 Å². The number of ether oxygens (including phenoxy) is 3. The van der Waals surface area contributed by atoms with Crippen LogP contribution in [0.5, 0.6) is 11.5 Å². The van der Waals surface area contributed by atoms with Gasteiger partial charge >= 0.3 is 0 Å². The maximum atomic E-state index is 10.7. The van der Waals surface area contributed by atoms with Crippen LogP contribution >= 0.6 is 24.0 Å². The number of β-amino-alcohol motifs (C(OH)–C–C–N with tert-alkyl or cyclic N) is 1. The van der Waals surface area contributed by atoms with Crippen molar-refractivity contribution in [2.24, 2.45) is 4.99 Å². The average molecular weight is 536 g/mol. The third-order valence-electron chi connectivity index (χ3n) is 4.54. The van der Waals surface area contributed by atoms with E-state index in [1.807, 2.05) is 45.0 Å². The Balaban J connectivity index is 0.00000450. The molecule has 1 fully saturated rings. The highest BCUT2D eigenvalue weighted by Gasteiger charge is 2.25. The Kier molecular flexibility index (Phi) is 12.4. The van der Waals surface area contributed by atoms with Crippen LogP contribution in [0.3, 0.4) is 0 Å². The number of nitrogens with zero attached hydrogens (tertiary/aromatic N) is 2. The van der Waals surface area contributed by atoms with Crippen LogP contribution in [-0.2, 0) is 4.74 Å². The number of para-hydroxylation sites is 2. The van der Waals surface area contributed by atoms with Crippen LogP contribution in [0, 0.1) is 0 Å². The molecule has 1 aromatic rings. The zero-order valence-corrected chi connectivity index (χ0v) is 20.8. The van der Waals surface area contributed by atoms with E-state index in [2.05, 4.69) is 20.5 Å². The van der Waals surface area contributed by atoms with Crippen LogP contribution < -0.4 is 20.1 Å². The Bertz CT molecular complexity index is 639. The third-order valence-corrected chi connectivity index (χ3v) is 4.54. The molecule has 0 amide bonds. The molecule has 30 heavy (non-hydrogen) atoms. The molecule has 172 valence electrons. The zero-order chi connectivity index (χ0) is 21.1. The Morgan fingerprint density at radius 3 is 2.57 bits per heavy atom. The molecular weight excluding hydrogens is 499 g/mol.